The summed E-state index contributed by atoms with van der Waals surface area (Å²) in [6.07, 6.45) is 0.561. The van der Waals surface area contributed by atoms with E-state index in [4.69, 9.17) is 4.74 Å². The molecule has 0 spiro atoms. The van der Waals surface area contributed by atoms with Gasteiger partial charge in [-0.1, -0.05) is 12.1 Å². The van der Waals surface area contributed by atoms with Crippen LogP contribution in [0.5, 0.6) is 5.75 Å². The Balaban J connectivity index is 1.92. The predicted octanol–water partition coefficient (Wildman–Crippen LogP) is 2.83. The van der Waals surface area contributed by atoms with Crippen molar-refractivity contribution in [2.24, 2.45) is 0 Å². The number of halogens is 1. The van der Waals surface area contributed by atoms with Crippen molar-refractivity contribution in [3.8, 4) is 5.75 Å². The third-order valence-corrected chi connectivity index (χ3v) is 3.70. The Morgan fingerprint density at radius 3 is 2.60 bits per heavy atom. The minimum Gasteiger partial charge on any atom is -0.497 e. The molecule has 1 unspecified atom stereocenters. The van der Waals surface area contributed by atoms with Crippen LogP contribution in [0.3, 0.4) is 0 Å². The molecule has 0 aliphatic heterocycles. The van der Waals surface area contributed by atoms with Gasteiger partial charge in [0.2, 0.25) is 0 Å². The molecule has 2 aromatic rings. The summed E-state index contributed by atoms with van der Waals surface area (Å²) in [4.78, 5) is 24.0. The lowest BCUT2D eigenvalue weighted by Crippen LogP contribution is -2.41. The number of nitrogens with one attached hydrogen (secondary N) is 2. The van der Waals surface area contributed by atoms with Crippen molar-refractivity contribution in [2.75, 3.05) is 12.4 Å². The van der Waals surface area contributed by atoms with Crippen LogP contribution in [0, 0.1) is 12.7 Å². The van der Waals surface area contributed by atoms with E-state index in [-0.39, 0.29) is 6.04 Å². The van der Waals surface area contributed by atoms with Crippen molar-refractivity contribution in [1.29, 1.82) is 0 Å². The molecule has 132 valence electrons. The lowest BCUT2D eigenvalue weighted by Gasteiger charge is -2.15. The molecule has 0 fully saturated rings. The van der Waals surface area contributed by atoms with E-state index in [1.54, 1.807) is 14.0 Å². The van der Waals surface area contributed by atoms with Crippen LogP contribution in [0.2, 0.25) is 0 Å². The maximum absolute atomic E-state index is 13.1. The Morgan fingerprint density at radius 2 is 1.92 bits per heavy atom. The van der Waals surface area contributed by atoms with Gasteiger partial charge in [-0.05, 0) is 61.7 Å². The zero-order chi connectivity index (χ0) is 18.4. The number of methoxy groups -OCH3 is 1. The van der Waals surface area contributed by atoms with Crippen LogP contribution in [0.1, 0.15) is 18.1 Å². The summed E-state index contributed by atoms with van der Waals surface area (Å²) in [5.41, 5.74) is 1.94. The molecular formula is C19H21FN2O3. The van der Waals surface area contributed by atoms with E-state index in [1.165, 1.54) is 18.2 Å². The number of benzene rings is 2. The average Bonchev–Trinajstić information content (AvgIpc) is 2.57. The van der Waals surface area contributed by atoms with Crippen LogP contribution < -0.4 is 15.4 Å². The van der Waals surface area contributed by atoms with Crippen LogP contribution in [-0.4, -0.2) is 25.0 Å². The van der Waals surface area contributed by atoms with Crippen molar-refractivity contribution < 1.29 is 18.7 Å². The van der Waals surface area contributed by atoms with E-state index in [9.17, 15) is 14.0 Å². The predicted molar refractivity (Wildman–Crippen MR) is 94.1 cm³/mol. The minimum absolute atomic E-state index is 0.236. The first-order chi connectivity index (χ1) is 11.9. The second-order valence-electron chi connectivity index (χ2n) is 5.84. The van der Waals surface area contributed by atoms with Gasteiger partial charge in [-0.25, -0.2) is 4.39 Å². The lowest BCUT2D eigenvalue weighted by molar-refractivity contribution is -0.136. The number of amides is 2. The van der Waals surface area contributed by atoms with Crippen molar-refractivity contribution in [3.05, 3.63) is 59.4 Å². The molecule has 0 bridgehead atoms. The normalized spacial score (nSPS) is 11.5. The number of anilines is 1. The zero-order valence-electron chi connectivity index (χ0n) is 14.4. The highest BCUT2D eigenvalue weighted by Gasteiger charge is 2.17. The molecule has 0 radical (unpaired) electrons. The maximum atomic E-state index is 13.1. The summed E-state index contributed by atoms with van der Waals surface area (Å²) in [7, 11) is 1.59. The Morgan fingerprint density at radius 1 is 1.16 bits per heavy atom. The number of carbonyl (C=O) groups excluding carboxylic acids is 2. The van der Waals surface area contributed by atoms with E-state index in [0.29, 0.717) is 17.7 Å². The molecule has 5 nitrogen and oxygen atoms in total. The topological polar surface area (TPSA) is 67.4 Å². The molecule has 25 heavy (non-hydrogen) atoms. The first kappa shape index (κ1) is 18.4. The lowest BCUT2D eigenvalue weighted by atomic mass is 10.1. The Kier molecular flexibility index (Phi) is 6.11. The molecule has 6 heteroatoms. The fourth-order valence-corrected chi connectivity index (χ4v) is 2.44. The molecular weight excluding hydrogens is 323 g/mol. The number of ether oxygens (including phenoxy) is 1. The molecule has 2 N–H and O–H groups in total. The average molecular weight is 344 g/mol. The van der Waals surface area contributed by atoms with E-state index >= 15 is 0 Å². The van der Waals surface area contributed by atoms with Gasteiger partial charge in [0.05, 0.1) is 7.11 Å². The van der Waals surface area contributed by atoms with Gasteiger partial charge in [0.15, 0.2) is 0 Å². The first-order valence-corrected chi connectivity index (χ1v) is 7.90. The van der Waals surface area contributed by atoms with Gasteiger partial charge in [-0.2, -0.15) is 0 Å². The van der Waals surface area contributed by atoms with Crippen LogP contribution in [0.25, 0.3) is 0 Å². The van der Waals surface area contributed by atoms with Crippen molar-refractivity contribution in [3.63, 3.8) is 0 Å². The van der Waals surface area contributed by atoms with Gasteiger partial charge >= 0.3 is 11.8 Å². The first-order valence-electron chi connectivity index (χ1n) is 7.90. The van der Waals surface area contributed by atoms with Crippen molar-refractivity contribution >= 4 is 17.5 Å². The largest absolute Gasteiger partial charge is 0.497 e. The van der Waals surface area contributed by atoms with Crippen LogP contribution in [0.15, 0.2) is 42.5 Å². The van der Waals surface area contributed by atoms with E-state index in [1.807, 2.05) is 31.2 Å². The Hall–Kier alpha value is -2.89. The molecule has 2 rings (SSSR count). The molecule has 2 aromatic carbocycles. The zero-order valence-corrected chi connectivity index (χ0v) is 14.4. The SMILES string of the molecule is COc1cccc(CC(C)NC(=O)C(=O)Nc2ccc(F)cc2C)c1. The highest BCUT2D eigenvalue weighted by molar-refractivity contribution is 6.39. The molecule has 0 heterocycles. The molecule has 2 amide bonds. The summed E-state index contributed by atoms with van der Waals surface area (Å²) >= 11 is 0. The minimum atomic E-state index is -0.785. The van der Waals surface area contributed by atoms with Crippen LogP contribution in [0.4, 0.5) is 10.1 Å². The van der Waals surface area contributed by atoms with Gasteiger partial charge in [-0.15, -0.1) is 0 Å². The van der Waals surface area contributed by atoms with Gasteiger partial charge in [0.25, 0.3) is 0 Å². The van der Waals surface area contributed by atoms with Crippen molar-refractivity contribution in [1.82, 2.24) is 5.32 Å². The van der Waals surface area contributed by atoms with Crippen molar-refractivity contribution in [2.45, 2.75) is 26.3 Å². The summed E-state index contributed by atoms with van der Waals surface area (Å²) in [6.45, 7) is 3.47. The summed E-state index contributed by atoms with van der Waals surface area (Å²) < 4.78 is 18.2. The Bertz CT molecular complexity index is 777. The summed E-state index contributed by atoms with van der Waals surface area (Å²) in [5, 5.41) is 5.14. The second-order valence-corrected chi connectivity index (χ2v) is 5.84. The van der Waals surface area contributed by atoms with Gasteiger partial charge in [0, 0.05) is 11.7 Å². The molecule has 0 aliphatic rings. The third kappa shape index (κ3) is 5.31. The maximum Gasteiger partial charge on any atom is 0.313 e. The molecule has 0 saturated carbocycles. The Labute approximate surface area is 146 Å². The fourth-order valence-electron chi connectivity index (χ4n) is 2.44. The monoisotopic (exact) mass is 344 g/mol. The molecule has 0 aromatic heterocycles. The number of carbonyl (C=O) groups is 2. The van der Waals surface area contributed by atoms with E-state index in [2.05, 4.69) is 10.6 Å². The van der Waals surface area contributed by atoms with Crippen LogP contribution >= 0.6 is 0 Å². The smallest absolute Gasteiger partial charge is 0.313 e. The number of hydrogen-bond acceptors (Lipinski definition) is 3. The number of aryl methyl sites for hydroxylation is 1. The highest BCUT2D eigenvalue weighted by Crippen LogP contribution is 2.16. The van der Waals surface area contributed by atoms with Crippen LogP contribution in [-0.2, 0) is 16.0 Å². The highest BCUT2D eigenvalue weighted by atomic mass is 19.1. The summed E-state index contributed by atoms with van der Waals surface area (Å²) in [6, 6.07) is 11.2. The van der Waals surface area contributed by atoms with E-state index < -0.39 is 17.6 Å². The third-order valence-electron chi connectivity index (χ3n) is 3.70. The molecule has 0 saturated heterocycles. The standard InChI is InChI=1S/C19H21FN2O3/c1-12-9-15(20)7-8-17(12)22-19(24)18(23)21-13(2)10-14-5-4-6-16(11-14)25-3/h4-9,11,13H,10H2,1-3H3,(H,21,23)(H,22,24). The number of hydrogen-bond donors (Lipinski definition) is 2. The fraction of sp³-hybridized carbons (Fsp3) is 0.263. The van der Waals surface area contributed by atoms with Gasteiger partial charge in [-0.3, -0.25) is 9.59 Å². The molecule has 1 atom stereocenters. The van der Waals surface area contributed by atoms with Gasteiger partial charge < -0.3 is 15.4 Å². The molecule has 0 aliphatic carbocycles. The summed E-state index contributed by atoms with van der Waals surface area (Å²) in [5.74, 6) is -1.18. The second kappa shape index (κ2) is 8.28. The van der Waals surface area contributed by atoms with E-state index in [0.717, 1.165) is 11.3 Å². The number of rotatable bonds is 5. The van der Waals surface area contributed by atoms with Gasteiger partial charge in [0.1, 0.15) is 11.6 Å². The quantitative estimate of drug-likeness (QED) is 0.820.